The lowest BCUT2D eigenvalue weighted by Crippen LogP contribution is -2.05. The molecule has 1 aliphatic rings. The number of fused-ring (bicyclic) bond motifs is 1. The zero-order valence-corrected chi connectivity index (χ0v) is 7.28. The molecule has 0 fully saturated rings. The molecule has 0 atom stereocenters. The zero-order chi connectivity index (χ0) is 6.97. The summed E-state index contributed by atoms with van der Waals surface area (Å²) in [6, 6.07) is 0. The number of rotatable bonds is 0. The Hall–Kier alpha value is -0.520. The Bertz CT molecular complexity index is 268. The quantitative estimate of drug-likeness (QED) is 0.518. The minimum atomic E-state index is 0.882. The van der Waals surface area contributed by atoms with Crippen LogP contribution in [0.3, 0.4) is 0 Å². The highest BCUT2D eigenvalue weighted by atomic mass is 127. The van der Waals surface area contributed by atoms with E-state index in [-0.39, 0.29) is 0 Å². The van der Waals surface area contributed by atoms with Crippen LogP contribution in [0.25, 0.3) is 6.08 Å². The van der Waals surface area contributed by atoms with Gasteiger partial charge in [-0.15, -0.1) is 0 Å². The Morgan fingerprint density at radius 2 is 2.60 bits per heavy atom. The molecule has 0 amide bonds. The first kappa shape index (κ1) is 6.21. The van der Waals surface area contributed by atoms with Crippen molar-refractivity contribution in [1.82, 2.24) is 8.27 Å². The van der Waals surface area contributed by atoms with Crippen LogP contribution in [-0.4, -0.2) is 8.27 Å². The molecule has 0 aromatic carbocycles. The van der Waals surface area contributed by atoms with Gasteiger partial charge in [0, 0.05) is 17.8 Å². The summed E-state index contributed by atoms with van der Waals surface area (Å²) in [7, 11) is 0. The van der Waals surface area contributed by atoms with Gasteiger partial charge in [-0.3, -0.25) is 0 Å². The fraction of sp³-hybridized carbons (Fsp3) is 0.167. The molecule has 3 nitrogen and oxygen atoms in total. The lowest BCUT2D eigenvalue weighted by molar-refractivity contribution is 0.409. The lowest BCUT2D eigenvalue weighted by Gasteiger charge is -2.12. The van der Waals surface area contributed by atoms with E-state index < -0.39 is 0 Å². The van der Waals surface area contributed by atoms with Crippen molar-refractivity contribution in [2.75, 3.05) is 0 Å². The van der Waals surface area contributed by atoms with Crippen molar-refractivity contribution in [1.29, 1.82) is 0 Å². The highest BCUT2D eigenvalue weighted by molar-refractivity contribution is 14.1. The molecule has 0 bridgehead atoms. The summed E-state index contributed by atoms with van der Waals surface area (Å²) in [5.74, 6) is 0.882. The van der Waals surface area contributed by atoms with E-state index in [9.17, 15) is 0 Å². The molecule has 52 valence electrons. The van der Waals surface area contributed by atoms with Gasteiger partial charge >= 0.3 is 0 Å². The van der Waals surface area contributed by atoms with Crippen LogP contribution in [0.15, 0.2) is 16.9 Å². The fourth-order valence-corrected chi connectivity index (χ4v) is 1.42. The lowest BCUT2D eigenvalue weighted by atomic mass is 10.2. The molecular weight excluding hydrogens is 243 g/mol. The molecule has 0 aliphatic carbocycles. The third kappa shape index (κ3) is 0.920. The maximum absolute atomic E-state index is 4.94. The van der Waals surface area contributed by atoms with Crippen LogP contribution in [-0.2, 0) is 6.54 Å². The normalized spacial score (nSPS) is 15.5. The van der Waals surface area contributed by atoms with Crippen molar-refractivity contribution in [3.63, 3.8) is 0 Å². The SMILES string of the molecule is IN1C=Cc2oncc2C1. The first-order valence-electron chi connectivity index (χ1n) is 2.90. The summed E-state index contributed by atoms with van der Waals surface area (Å²) in [4.78, 5) is 0. The van der Waals surface area contributed by atoms with E-state index in [1.54, 1.807) is 6.20 Å². The van der Waals surface area contributed by atoms with E-state index in [1.165, 1.54) is 0 Å². The number of nitrogens with zero attached hydrogens (tertiary/aromatic N) is 2. The van der Waals surface area contributed by atoms with Gasteiger partial charge in [-0.1, -0.05) is 5.16 Å². The van der Waals surface area contributed by atoms with Crippen molar-refractivity contribution < 1.29 is 4.52 Å². The molecule has 0 unspecified atom stereocenters. The Morgan fingerprint density at radius 1 is 1.70 bits per heavy atom. The Kier molecular flexibility index (Phi) is 1.40. The van der Waals surface area contributed by atoms with E-state index >= 15 is 0 Å². The van der Waals surface area contributed by atoms with Gasteiger partial charge in [-0.25, -0.2) is 0 Å². The highest BCUT2D eigenvalue weighted by Crippen LogP contribution is 2.20. The summed E-state index contributed by atoms with van der Waals surface area (Å²) >= 11 is 2.23. The second kappa shape index (κ2) is 2.26. The molecule has 4 heteroatoms. The predicted octanol–water partition coefficient (Wildman–Crippen LogP) is 1.81. The Labute approximate surface area is 72.2 Å². The molecule has 2 rings (SSSR count). The van der Waals surface area contributed by atoms with Gasteiger partial charge < -0.3 is 7.64 Å². The molecule has 10 heavy (non-hydrogen) atoms. The smallest absolute Gasteiger partial charge is 0.166 e. The topological polar surface area (TPSA) is 29.3 Å². The van der Waals surface area contributed by atoms with E-state index in [1.807, 2.05) is 12.3 Å². The average Bonchev–Trinajstić information content (AvgIpc) is 2.33. The van der Waals surface area contributed by atoms with E-state index in [0.717, 1.165) is 17.9 Å². The fourth-order valence-electron chi connectivity index (χ4n) is 0.889. The number of aromatic nitrogens is 1. The maximum Gasteiger partial charge on any atom is 0.166 e. The maximum atomic E-state index is 4.94. The van der Waals surface area contributed by atoms with Gasteiger partial charge in [0.15, 0.2) is 5.76 Å². The van der Waals surface area contributed by atoms with Crippen LogP contribution in [0.1, 0.15) is 11.3 Å². The highest BCUT2D eigenvalue weighted by Gasteiger charge is 2.11. The molecule has 0 saturated heterocycles. The van der Waals surface area contributed by atoms with Crippen LogP contribution in [0.4, 0.5) is 0 Å². The van der Waals surface area contributed by atoms with Crippen LogP contribution in [0.2, 0.25) is 0 Å². The molecule has 0 radical (unpaired) electrons. The van der Waals surface area contributed by atoms with Crippen molar-refractivity contribution in [2.45, 2.75) is 6.54 Å². The average molecular weight is 248 g/mol. The van der Waals surface area contributed by atoms with Gasteiger partial charge in [0.25, 0.3) is 0 Å². The summed E-state index contributed by atoms with van der Waals surface area (Å²) < 4.78 is 6.99. The van der Waals surface area contributed by atoms with Crippen molar-refractivity contribution in [3.05, 3.63) is 23.7 Å². The predicted molar refractivity (Wildman–Crippen MR) is 45.1 cm³/mol. The molecule has 2 heterocycles. The minimum absolute atomic E-state index is 0.882. The van der Waals surface area contributed by atoms with Crippen molar-refractivity contribution >= 4 is 28.9 Å². The Balaban J connectivity index is 2.43. The number of hydrogen-bond donors (Lipinski definition) is 0. The van der Waals surface area contributed by atoms with Gasteiger partial charge in [0.2, 0.25) is 0 Å². The van der Waals surface area contributed by atoms with E-state index in [0.29, 0.717) is 0 Å². The summed E-state index contributed by atoms with van der Waals surface area (Å²) in [6.45, 7) is 0.885. The minimum Gasteiger partial charge on any atom is -0.357 e. The molecular formula is C6H5IN2O. The van der Waals surface area contributed by atoms with E-state index in [4.69, 9.17) is 4.52 Å². The molecule has 0 saturated carbocycles. The zero-order valence-electron chi connectivity index (χ0n) is 5.12. The first-order chi connectivity index (χ1) is 4.86. The largest absolute Gasteiger partial charge is 0.357 e. The second-order valence-electron chi connectivity index (χ2n) is 2.09. The van der Waals surface area contributed by atoms with Crippen molar-refractivity contribution in [2.24, 2.45) is 0 Å². The third-order valence-electron chi connectivity index (χ3n) is 1.39. The monoisotopic (exact) mass is 248 g/mol. The third-order valence-corrected chi connectivity index (χ3v) is 2.05. The molecule has 1 aliphatic heterocycles. The summed E-state index contributed by atoms with van der Waals surface area (Å²) in [5, 5.41) is 3.68. The van der Waals surface area contributed by atoms with Crippen LogP contribution in [0, 0.1) is 0 Å². The number of hydrogen-bond acceptors (Lipinski definition) is 3. The van der Waals surface area contributed by atoms with Gasteiger partial charge in [-0.05, 0) is 0 Å². The second-order valence-corrected chi connectivity index (χ2v) is 3.33. The molecule has 1 aromatic rings. The molecule has 1 aromatic heterocycles. The van der Waals surface area contributed by atoms with Gasteiger partial charge in [0.05, 0.1) is 35.6 Å². The summed E-state index contributed by atoms with van der Waals surface area (Å²) in [5.41, 5.74) is 1.15. The van der Waals surface area contributed by atoms with E-state index in [2.05, 4.69) is 31.1 Å². The van der Waals surface area contributed by atoms with Crippen LogP contribution < -0.4 is 0 Å². The first-order valence-corrected chi connectivity index (χ1v) is 3.87. The molecule has 0 spiro atoms. The number of halogens is 1. The Morgan fingerprint density at radius 3 is 3.50 bits per heavy atom. The van der Waals surface area contributed by atoms with Crippen molar-refractivity contribution in [3.8, 4) is 0 Å². The molecule has 0 N–H and O–H groups in total. The van der Waals surface area contributed by atoms with Gasteiger partial charge in [0.1, 0.15) is 0 Å². The van der Waals surface area contributed by atoms with Crippen LogP contribution in [0.5, 0.6) is 0 Å². The summed E-state index contributed by atoms with van der Waals surface area (Å²) in [6.07, 6.45) is 5.64. The van der Waals surface area contributed by atoms with Crippen LogP contribution >= 0.6 is 22.9 Å². The standard InChI is InChI=1S/C6H5IN2O/c7-9-2-1-6-5(4-9)3-8-10-6/h1-3H,4H2. The van der Waals surface area contributed by atoms with Gasteiger partial charge in [-0.2, -0.15) is 0 Å².